The lowest BCUT2D eigenvalue weighted by atomic mass is 10.1. The number of hydrogen-bond donors (Lipinski definition) is 5. The van der Waals surface area contributed by atoms with E-state index in [-0.39, 0.29) is 11.4 Å². The van der Waals surface area contributed by atoms with Gasteiger partial charge in [0.2, 0.25) is 0 Å². The van der Waals surface area contributed by atoms with Crippen LogP contribution in [0.15, 0.2) is 23.1 Å². The highest BCUT2D eigenvalue weighted by molar-refractivity contribution is 5.81. The molecule has 0 aliphatic carbocycles. The zero-order valence-electron chi connectivity index (χ0n) is 10.4. The Balaban J connectivity index is 2.09. The van der Waals surface area contributed by atoms with E-state index in [0.29, 0.717) is 10.9 Å². The van der Waals surface area contributed by atoms with Crippen LogP contribution < -0.4 is 11.3 Å². The van der Waals surface area contributed by atoms with Gasteiger partial charge in [-0.05, 0) is 6.07 Å². The van der Waals surface area contributed by atoms with E-state index in [1.54, 1.807) is 18.3 Å². The molecular weight excluding hydrogens is 266 g/mol. The Bertz CT molecular complexity index is 694. The molecule has 6 N–H and O–H groups in total. The van der Waals surface area contributed by atoms with Crippen LogP contribution in [0.4, 0.5) is 5.82 Å². The van der Waals surface area contributed by atoms with Gasteiger partial charge in [-0.25, -0.2) is 0 Å². The standard InChI is InChI=1S/C12H15N3O5/c13-8-3-6-5(11(19)14-8)1-2-15(6)12-10(18)9(17)7(4-16)20-12/h1-3,7,9-10,12,16-18H,4H2,(H3,13,14,19)/t7-,9-,10+,12-/m1/s1. The van der Waals surface area contributed by atoms with Crippen LogP contribution in [0.2, 0.25) is 0 Å². The summed E-state index contributed by atoms with van der Waals surface area (Å²) in [6.07, 6.45) is -2.59. The van der Waals surface area contributed by atoms with Crippen molar-refractivity contribution in [1.82, 2.24) is 9.55 Å². The van der Waals surface area contributed by atoms with Crippen LogP contribution in [0.3, 0.4) is 0 Å². The van der Waals surface area contributed by atoms with E-state index in [2.05, 4.69) is 4.98 Å². The van der Waals surface area contributed by atoms with Crippen LogP contribution in [0.5, 0.6) is 0 Å². The molecule has 0 bridgehead atoms. The Labute approximate surface area is 113 Å². The van der Waals surface area contributed by atoms with Crippen molar-refractivity contribution in [3.63, 3.8) is 0 Å². The van der Waals surface area contributed by atoms with E-state index >= 15 is 0 Å². The minimum Gasteiger partial charge on any atom is -0.394 e. The number of aliphatic hydroxyl groups is 3. The van der Waals surface area contributed by atoms with Crippen molar-refractivity contribution in [2.24, 2.45) is 0 Å². The number of aromatic nitrogens is 2. The molecule has 0 aromatic carbocycles. The predicted molar refractivity (Wildman–Crippen MR) is 70.0 cm³/mol. The molecule has 0 saturated carbocycles. The van der Waals surface area contributed by atoms with Crippen LogP contribution >= 0.6 is 0 Å². The minimum atomic E-state index is -1.21. The number of aliphatic hydroxyl groups excluding tert-OH is 3. The maximum absolute atomic E-state index is 11.8. The van der Waals surface area contributed by atoms with Crippen molar-refractivity contribution < 1.29 is 20.1 Å². The highest BCUT2D eigenvalue weighted by atomic mass is 16.6. The normalized spacial score (nSPS) is 30.1. The van der Waals surface area contributed by atoms with Gasteiger partial charge in [-0.3, -0.25) is 4.79 Å². The summed E-state index contributed by atoms with van der Waals surface area (Å²) in [5, 5.41) is 29.3. The molecule has 3 rings (SSSR count). The molecule has 4 atom stereocenters. The number of aromatic amines is 1. The number of fused-ring (bicyclic) bond motifs is 1. The summed E-state index contributed by atoms with van der Waals surface area (Å²) in [4.78, 5) is 14.2. The molecule has 1 aliphatic rings. The zero-order valence-corrected chi connectivity index (χ0v) is 10.4. The lowest BCUT2D eigenvalue weighted by Crippen LogP contribution is -2.33. The molecule has 1 saturated heterocycles. The zero-order chi connectivity index (χ0) is 14.4. The highest BCUT2D eigenvalue weighted by Crippen LogP contribution is 2.31. The number of nitrogens with two attached hydrogens (primary N) is 1. The maximum Gasteiger partial charge on any atom is 0.258 e. The van der Waals surface area contributed by atoms with Gasteiger partial charge in [0.15, 0.2) is 6.23 Å². The Morgan fingerprint density at radius 1 is 1.40 bits per heavy atom. The molecular formula is C12H15N3O5. The molecule has 8 heteroatoms. The molecule has 0 radical (unpaired) electrons. The number of anilines is 1. The molecule has 3 heterocycles. The van der Waals surface area contributed by atoms with Crippen LogP contribution in [-0.2, 0) is 4.74 Å². The van der Waals surface area contributed by atoms with E-state index in [1.165, 1.54) is 4.57 Å². The second kappa shape index (κ2) is 4.60. The van der Waals surface area contributed by atoms with Crippen molar-refractivity contribution in [2.45, 2.75) is 24.5 Å². The summed E-state index contributed by atoms with van der Waals surface area (Å²) in [7, 11) is 0. The van der Waals surface area contributed by atoms with E-state index in [1.807, 2.05) is 0 Å². The fourth-order valence-electron chi connectivity index (χ4n) is 2.52. The molecule has 1 aliphatic heterocycles. The first-order valence-corrected chi connectivity index (χ1v) is 6.14. The lowest BCUT2D eigenvalue weighted by Gasteiger charge is -2.17. The summed E-state index contributed by atoms with van der Waals surface area (Å²) in [6.45, 7) is -0.406. The SMILES string of the molecule is Nc1cc2c(ccn2[C@@H]2O[C@H](CO)[C@@H](O)[C@@H]2O)c(=O)[nH]1. The van der Waals surface area contributed by atoms with Gasteiger partial charge in [-0.15, -0.1) is 0 Å². The summed E-state index contributed by atoms with van der Waals surface area (Å²) in [5.74, 6) is 0.189. The van der Waals surface area contributed by atoms with Crippen LogP contribution in [0.1, 0.15) is 6.23 Å². The Morgan fingerprint density at radius 3 is 2.80 bits per heavy atom. The highest BCUT2D eigenvalue weighted by Gasteiger charge is 2.43. The van der Waals surface area contributed by atoms with Gasteiger partial charge in [0.05, 0.1) is 17.5 Å². The Morgan fingerprint density at radius 2 is 2.15 bits per heavy atom. The molecule has 8 nitrogen and oxygen atoms in total. The Kier molecular flexibility index (Phi) is 3.02. The maximum atomic E-state index is 11.8. The number of nitrogens with zero attached hydrogens (tertiary/aromatic N) is 1. The first kappa shape index (κ1) is 13.1. The molecule has 0 unspecified atom stereocenters. The number of ether oxygens (including phenoxy) is 1. The van der Waals surface area contributed by atoms with Crippen molar-refractivity contribution in [3.05, 3.63) is 28.7 Å². The topological polar surface area (TPSA) is 134 Å². The van der Waals surface area contributed by atoms with Crippen molar-refractivity contribution in [2.75, 3.05) is 12.3 Å². The van der Waals surface area contributed by atoms with Crippen LogP contribution in [0, 0.1) is 0 Å². The van der Waals surface area contributed by atoms with Gasteiger partial charge >= 0.3 is 0 Å². The van der Waals surface area contributed by atoms with Gasteiger partial charge < -0.3 is 35.3 Å². The predicted octanol–water partition coefficient (Wildman–Crippen LogP) is -1.48. The second-order valence-electron chi connectivity index (χ2n) is 4.80. The Hall–Kier alpha value is -1.87. The molecule has 0 amide bonds. The number of pyridine rings is 1. The largest absolute Gasteiger partial charge is 0.394 e. The van der Waals surface area contributed by atoms with Gasteiger partial charge in [0.1, 0.15) is 24.1 Å². The monoisotopic (exact) mass is 281 g/mol. The number of rotatable bonds is 2. The van der Waals surface area contributed by atoms with Crippen LogP contribution in [0.25, 0.3) is 10.9 Å². The van der Waals surface area contributed by atoms with Crippen molar-refractivity contribution >= 4 is 16.7 Å². The molecule has 0 spiro atoms. The molecule has 2 aromatic heterocycles. The number of nitrogen functional groups attached to an aromatic ring is 1. The summed E-state index contributed by atoms with van der Waals surface area (Å²) >= 11 is 0. The quantitative estimate of drug-likeness (QED) is 0.456. The second-order valence-corrected chi connectivity index (χ2v) is 4.80. The molecule has 20 heavy (non-hydrogen) atoms. The van der Waals surface area contributed by atoms with E-state index in [4.69, 9.17) is 15.6 Å². The smallest absolute Gasteiger partial charge is 0.258 e. The van der Waals surface area contributed by atoms with Crippen LogP contribution in [-0.4, -0.2) is 49.8 Å². The van der Waals surface area contributed by atoms with Crippen molar-refractivity contribution in [1.29, 1.82) is 0 Å². The van der Waals surface area contributed by atoms with Gasteiger partial charge in [-0.2, -0.15) is 0 Å². The first-order valence-electron chi connectivity index (χ1n) is 6.14. The third kappa shape index (κ3) is 1.81. The minimum absolute atomic E-state index is 0.189. The van der Waals surface area contributed by atoms with E-state index in [9.17, 15) is 15.0 Å². The third-order valence-corrected chi connectivity index (χ3v) is 3.54. The third-order valence-electron chi connectivity index (χ3n) is 3.54. The number of hydrogen-bond acceptors (Lipinski definition) is 6. The lowest BCUT2D eigenvalue weighted by molar-refractivity contribution is -0.0506. The summed E-state index contributed by atoms with van der Waals surface area (Å²) in [5.41, 5.74) is 5.75. The molecule has 2 aromatic rings. The number of H-pyrrole nitrogens is 1. The van der Waals surface area contributed by atoms with Crippen molar-refractivity contribution in [3.8, 4) is 0 Å². The van der Waals surface area contributed by atoms with Gasteiger partial charge in [0.25, 0.3) is 5.56 Å². The fourth-order valence-corrected chi connectivity index (χ4v) is 2.52. The molecule has 1 fully saturated rings. The van der Waals surface area contributed by atoms with E-state index in [0.717, 1.165) is 0 Å². The first-order chi connectivity index (χ1) is 9.52. The summed E-state index contributed by atoms with van der Waals surface area (Å²) in [6, 6.07) is 3.12. The van der Waals surface area contributed by atoms with E-state index < -0.39 is 31.1 Å². The summed E-state index contributed by atoms with van der Waals surface area (Å²) < 4.78 is 6.95. The molecule has 108 valence electrons. The van der Waals surface area contributed by atoms with Gasteiger partial charge in [-0.1, -0.05) is 0 Å². The fraction of sp³-hybridized carbons (Fsp3) is 0.417. The number of nitrogens with one attached hydrogen (secondary N) is 1. The average Bonchev–Trinajstić information content (AvgIpc) is 2.93. The average molecular weight is 281 g/mol. The van der Waals surface area contributed by atoms with Gasteiger partial charge in [0, 0.05) is 12.3 Å².